The number of amidine groups is 1. The summed E-state index contributed by atoms with van der Waals surface area (Å²) >= 11 is 0. The second kappa shape index (κ2) is 8.85. The summed E-state index contributed by atoms with van der Waals surface area (Å²) in [5.41, 5.74) is 3.12. The van der Waals surface area contributed by atoms with Crippen molar-refractivity contribution in [3.05, 3.63) is 102 Å². The summed E-state index contributed by atoms with van der Waals surface area (Å²) < 4.78 is 30.0. The number of nitrogens with zero attached hydrogens (tertiary/aromatic N) is 2. The Morgan fingerprint density at radius 2 is 1.36 bits per heavy atom. The second-order valence-corrected chi connectivity index (χ2v) is 8.40. The van der Waals surface area contributed by atoms with Crippen molar-refractivity contribution in [3.63, 3.8) is 0 Å². The van der Waals surface area contributed by atoms with Crippen LogP contribution >= 0.6 is 0 Å². The number of sulfonamides is 1. The van der Waals surface area contributed by atoms with Crippen molar-refractivity contribution in [2.24, 2.45) is 4.40 Å². The van der Waals surface area contributed by atoms with Crippen LogP contribution in [0.15, 0.2) is 94.2 Å². The molecular formula is C23H24N2O2S. The summed E-state index contributed by atoms with van der Waals surface area (Å²) in [5.74, 6) is 0.510. The van der Waals surface area contributed by atoms with Gasteiger partial charge in [0.2, 0.25) is 0 Å². The monoisotopic (exact) mass is 392 g/mol. The first kappa shape index (κ1) is 19.8. The Morgan fingerprint density at radius 1 is 0.821 bits per heavy atom. The van der Waals surface area contributed by atoms with Gasteiger partial charge in [0.15, 0.2) is 0 Å². The molecule has 0 fully saturated rings. The van der Waals surface area contributed by atoms with Gasteiger partial charge < -0.3 is 4.90 Å². The van der Waals surface area contributed by atoms with Gasteiger partial charge in [0.05, 0.1) is 4.90 Å². The van der Waals surface area contributed by atoms with Crippen LogP contribution in [-0.2, 0) is 23.0 Å². The first-order valence-electron chi connectivity index (χ1n) is 9.13. The quantitative estimate of drug-likeness (QED) is 0.460. The van der Waals surface area contributed by atoms with E-state index in [0.29, 0.717) is 18.8 Å². The van der Waals surface area contributed by atoms with Crippen LogP contribution in [0.5, 0.6) is 0 Å². The van der Waals surface area contributed by atoms with Crippen LogP contribution in [0.3, 0.4) is 0 Å². The summed E-state index contributed by atoms with van der Waals surface area (Å²) in [6, 6.07) is 26.5. The third-order valence-corrected chi connectivity index (χ3v) is 5.77. The number of hydrogen-bond acceptors (Lipinski definition) is 2. The molecule has 3 aromatic carbocycles. The lowest BCUT2D eigenvalue weighted by molar-refractivity contribution is 0.492. The van der Waals surface area contributed by atoms with E-state index >= 15 is 0 Å². The van der Waals surface area contributed by atoms with Crippen LogP contribution in [-0.4, -0.2) is 26.2 Å². The third kappa shape index (κ3) is 5.30. The van der Waals surface area contributed by atoms with E-state index in [1.54, 1.807) is 24.3 Å². The van der Waals surface area contributed by atoms with Crippen molar-refractivity contribution in [1.29, 1.82) is 0 Å². The highest BCUT2D eigenvalue weighted by Crippen LogP contribution is 2.16. The van der Waals surface area contributed by atoms with Gasteiger partial charge in [-0.1, -0.05) is 78.4 Å². The molecule has 0 atom stereocenters. The Kier molecular flexibility index (Phi) is 6.26. The highest BCUT2D eigenvalue weighted by molar-refractivity contribution is 7.90. The van der Waals surface area contributed by atoms with Gasteiger partial charge in [-0.3, -0.25) is 0 Å². The Balaban J connectivity index is 1.94. The van der Waals surface area contributed by atoms with Crippen molar-refractivity contribution in [2.45, 2.75) is 24.8 Å². The van der Waals surface area contributed by atoms with Gasteiger partial charge in [-0.05, 0) is 30.2 Å². The Labute approximate surface area is 167 Å². The smallest absolute Gasteiger partial charge is 0.283 e. The van der Waals surface area contributed by atoms with Crippen LogP contribution < -0.4 is 0 Å². The summed E-state index contributed by atoms with van der Waals surface area (Å²) in [6.07, 6.45) is 0.440. The number of likely N-dealkylation sites (N-methyl/N-ethyl adjacent to an activating group) is 1. The zero-order valence-corrected chi connectivity index (χ0v) is 16.9. The molecule has 0 saturated carbocycles. The van der Waals surface area contributed by atoms with Crippen molar-refractivity contribution < 1.29 is 8.42 Å². The molecule has 0 amide bonds. The number of aryl methyl sites for hydroxylation is 1. The zero-order valence-electron chi connectivity index (χ0n) is 16.1. The number of hydrogen-bond donors (Lipinski definition) is 0. The van der Waals surface area contributed by atoms with E-state index in [0.717, 1.165) is 16.7 Å². The fourth-order valence-electron chi connectivity index (χ4n) is 2.87. The molecule has 0 aliphatic rings. The van der Waals surface area contributed by atoms with Gasteiger partial charge in [-0.25, -0.2) is 0 Å². The molecule has 0 radical (unpaired) electrons. The van der Waals surface area contributed by atoms with Crippen LogP contribution in [0.25, 0.3) is 0 Å². The SMILES string of the molecule is Cc1ccc(S(=O)(=O)/N=C(/Cc2ccccc2)N(C)Cc2ccccc2)cc1. The topological polar surface area (TPSA) is 49.7 Å². The minimum Gasteiger partial charge on any atom is -0.358 e. The van der Waals surface area contributed by atoms with E-state index in [-0.39, 0.29) is 4.90 Å². The van der Waals surface area contributed by atoms with Gasteiger partial charge in [0.1, 0.15) is 5.84 Å². The van der Waals surface area contributed by atoms with E-state index in [2.05, 4.69) is 4.40 Å². The molecule has 0 spiro atoms. The lowest BCUT2D eigenvalue weighted by Gasteiger charge is -2.21. The molecule has 0 aliphatic heterocycles. The van der Waals surface area contributed by atoms with E-state index in [9.17, 15) is 8.42 Å². The summed E-state index contributed by atoms with van der Waals surface area (Å²) in [7, 11) is -1.91. The molecule has 0 N–H and O–H groups in total. The minimum absolute atomic E-state index is 0.205. The maximum atomic E-state index is 12.9. The molecule has 3 aromatic rings. The summed E-state index contributed by atoms with van der Waals surface area (Å²) in [5, 5.41) is 0. The normalized spacial score (nSPS) is 12.0. The molecule has 5 heteroatoms. The van der Waals surface area contributed by atoms with Crippen molar-refractivity contribution in [3.8, 4) is 0 Å². The fraction of sp³-hybridized carbons (Fsp3) is 0.174. The lowest BCUT2D eigenvalue weighted by Crippen LogP contribution is -2.29. The maximum absolute atomic E-state index is 12.9. The van der Waals surface area contributed by atoms with E-state index in [1.807, 2.05) is 79.5 Å². The molecule has 4 nitrogen and oxygen atoms in total. The molecule has 0 heterocycles. The molecule has 28 heavy (non-hydrogen) atoms. The molecular weight excluding hydrogens is 368 g/mol. The molecule has 0 unspecified atom stereocenters. The fourth-order valence-corrected chi connectivity index (χ4v) is 3.93. The molecule has 0 aromatic heterocycles. The van der Waals surface area contributed by atoms with Crippen LogP contribution in [0, 0.1) is 6.92 Å². The zero-order chi connectivity index (χ0) is 20.0. The van der Waals surface area contributed by atoms with E-state index in [1.165, 1.54) is 0 Å². The standard InChI is InChI=1S/C23H24N2O2S/c1-19-13-15-22(16-14-19)28(26,27)24-23(17-20-9-5-3-6-10-20)25(2)18-21-11-7-4-8-12-21/h3-16H,17-18H2,1-2H3/b24-23-. The Morgan fingerprint density at radius 3 is 1.93 bits per heavy atom. The summed E-state index contributed by atoms with van der Waals surface area (Å²) in [4.78, 5) is 2.10. The van der Waals surface area contributed by atoms with Crippen molar-refractivity contribution >= 4 is 15.9 Å². The van der Waals surface area contributed by atoms with Gasteiger partial charge in [-0.2, -0.15) is 8.42 Å². The second-order valence-electron chi connectivity index (χ2n) is 6.80. The highest BCUT2D eigenvalue weighted by atomic mass is 32.2. The van der Waals surface area contributed by atoms with Crippen LogP contribution in [0.2, 0.25) is 0 Å². The van der Waals surface area contributed by atoms with Crippen LogP contribution in [0.4, 0.5) is 0 Å². The largest absolute Gasteiger partial charge is 0.358 e. The predicted octanol–water partition coefficient (Wildman–Crippen LogP) is 4.46. The number of benzene rings is 3. The van der Waals surface area contributed by atoms with Gasteiger partial charge in [0.25, 0.3) is 10.0 Å². The Bertz CT molecular complexity index is 1030. The van der Waals surface area contributed by atoms with Gasteiger partial charge in [0, 0.05) is 20.0 Å². The van der Waals surface area contributed by atoms with Crippen molar-refractivity contribution in [2.75, 3.05) is 7.05 Å². The molecule has 3 rings (SSSR count). The molecule has 0 aliphatic carbocycles. The maximum Gasteiger partial charge on any atom is 0.283 e. The van der Waals surface area contributed by atoms with E-state index < -0.39 is 10.0 Å². The molecule has 0 saturated heterocycles. The first-order chi connectivity index (χ1) is 13.4. The van der Waals surface area contributed by atoms with Gasteiger partial charge >= 0.3 is 0 Å². The average Bonchev–Trinajstić information content (AvgIpc) is 2.69. The minimum atomic E-state index is -3.79. The summed E-state index contributed by atoms with van der Waals surface area (Å²) in [6.45, 7) is 2.50. The van der Waals surface area contributed by atoms with Crippen molar-refractivity contribution in [1.82, 2.24) is 4.90 Å². The predicted molar refractivity (Wildman–Crippen MR) is 114 cm³/mol. The molecule has 144 valence electrons. The lowest BCUT2D eigenvalue weighted by atomic mass is 10.1. The Hall–Kier alpha value is -2.92. The highest BCUT2D eigenvalue weighted by Gasteiger charge is 2.17. The molecule has 0 bridgehead atoms. The van der Waals surface area contributed by atoms with Gasteiger partial charge in [-0.15, -0.1) is 4.40 Å². The number of rotatable bonds is 6. The average molecular weight is 393 g/mol. The first-order valence-corrected chi connectivity index (χ1v) is 10.6. The van der Waals surface area contributed by atoms with Crippen LogP contribution in [0.1, 0.15) is 16.7 Å². The van der Waals surface area contributed by atoms with E-state index in [4.69, 9.17) is 0 Å². The third-order valence-electron chi connectivity index (χ3n) is 4.45.